The van der Waals surface area contributed by atoms with E-state index in [1.165, 1.54) is 0 Å². The van der Waals surface area contributed by atoms with Crippen LogP contribution >= 0.6 is 7.60 Å². The van der Waals surface area contributed by atoms with Crippen molar-refractivity contribution in [3.05, 3.63) is 60.2 Å². The van der Waals surface area contributed by atoms with E-state index in [1.807, 2.05) is 30.3 Å². The standard InChI is InChI=1S/C15H14NO5P/c17-22(18,19)15-10-14(16-21-15)11-5-4-8-13(9-11)20-12-6-2-1-3-7-12/h1-9,15H,10H2,(H2,17,18,19). The Hall–Kier alpha value is -2.14. The van der Waals surface area contributed by atoms with Crippen molar-refractivity contribution in [3.8, 4) is 11.5 Å². The van der Waals surface area contributed by atoms with Crippen LogP contribution in [-0.4, -0.2) is 21.3 Å². The molecule has 0 amide bonds. The Morgan fingerprint density at radius 1 is 1.09 bits per heavy atom. The van der Waals surface area contributed by atoms with Gasteiger partial charge in [-0.25, -0.2) is 0 Å². The van der Waals surface area contributed by atoms with Gasteiger partial charge < -0.3 is 19.4 Å². The summed E-state index contributed by atoms with van der Waals surface area (Å²) in [4.78, 5) is 23.1. The van der Waals surface area contributed by atoms with Crippen molar-refractivity contribution in [2.75, 3.05) is 0 Å². The smallest absolute Gasteiger partial charge is 0.368 e. The Labute approximate surface area is 127 Å². The maximum absolute atomic E-state index is 11.2. The molecule has 3 rings (SSSR count). The number of hydrogen-bond acceptors (Lipinski definition) is 4. The van der Waals surface area contributed by atoms with E-state index < -0.39 is 13.4 Å². The van der Waals surface area contributed by atoms with Crippen molar-refractivity contribution in [1.82, 2.24) is 0 Å². The molecule has 6 nitrogen and oxygen atoms in total. The van der Waals surface area contributed by atoms with Gasteiger partial charge in [0.1, 0.15) is 11.5 Å². The molecule has 1 heterocycles. The fraction of sp³-hybridized carbons (Fsp3) is 0.133. The minimum Gasteiger partial charge on any atom is -0.457 e. The molecule has 0 saturated heterocycles. The first-order valence-corrected chi connectivity index (χ1v) is 8.32. The third-order valence-electron chi connectivity index (χ3n) is 3.17. The molecular formula is C15H14NO5P. The molecule has 0 spiro atoms. The number of para-hydroxylation sites is 1. The molecule has 0 aliphatic carbocycles. The fourth-order valence-electron chi connectivity index (χ4n) is 2.08. The molecule has 22 heavy (non-hydrogen) atoms. The van der Waals surface area contributed by atoms with Gasteiger partial charge in [-0.1, -0.05) is 35.5 Å². The summed E-state index contributed by atoms with van der Waals surface area (Å²) in [6, 6.07) is 16.5. The van der Waals surface area contributed by atoms with Gasteiger partial charge in [0.25, 0.3) is 0 Å². The molecule has 7 heteroatoms. The fourth-order valence-corrected chi connectivity index (χ4v) is 2.66. The van der Waals surface area contributed by atoms with Crippen molar-refractivity contribution >= 4 is 13.3 Å². The molecule has 1 atom stereocenters. The van der Waals surface area contributed by atoms with E-state index in [9.17, 15) is 4.57 Å². The van der Waals surface area contributed by atoms with Gasteiger partial charge in [0.15, 0.2) is 0 Å². The maximum Gasteiger partial charge on any atom is 0.368 e. The van der Waals surface area contributed by atoms with Gasteiger partial charge in [-0.2, -0.15) is 0 Å². The first kappa shape index (κ1) is 14.8. The van der Waals surface area contributed by atoms with Gasteiger partial charge >= 0.3 is 7.60 Å². The van der Waals surface area contributed by atoms with Crippen LogP contribution in [0.3, 0.4) is 0 Å². The van der Waals surface area contributed by atoms with Crippen molar-refractivity contribution in [1.29, 1.82) is 0 Å². The maximum atomic E-state index is 11.2. The zero-order valence-electron chi connectivity index (χ0n) is 11.5. The molecule has 1 unspecified atom stereocenters. The Morgan fingerprint density at radius 2 is 1.82 bits per heavy atom. The van der Waals surface area contributed by atoms with Gasteiger partial charge in [0.05, 0.1) is 5.71 Å². The topological polar surface area (TPSA) is 88.4 Å². The molecule has 2 N–H and O–H groups in total. The summed E-state index contributed by atoms with van der Waals surface area (Å²) in [5.41, 5.74) is 1.20. The summed E-state index contributed by atoms with van der Waals surface area (Å²) in [6.45, 7) is 0. The quantitative estimate of drug-likeness (QED) is 0.845. The highest BCUT2D eigenvalue weighted by molar-refractivity contribution is 7.52. The summed E-state index contributed by atoms with van der Waals surface area (Å²) in [5.74, 6) is 0.115. The summed E-state index contributed by atoms with van der Waals surface area (Å²) in [5, 5.41) is 3.77. The second-order valence-electron chi connectivity index (χ2n) is 4.83. The Morgan fingerprint density at radius 3 is 2.50 bits per heavy atom. The zero-order valence-corrected chi connectivity index (χ0v) is 12.4. The van der Waals surface area contributed by atoms with Crippen molar-refractivity contribution in [2.45, 2.75) is 12.3 Å². The lowest BCUT2D eigenvalue weighted by Crippen LogP contribution is -2.08. The van der Waals surface area contributed by atoms with Crippen LogP contribution in [0.15, 0.2) is 59.8 Å². The van der Waals surface area contributed by atoms with E-state index in [0.717, 1.165) is 0 Å². The van der Waals surface area contributed by atoms with E-state index in [4.69, 9.17) is 19.4 Å². The Bertz CT molecular complexity index is 741. The second-order valence-corrected chi connectivity index (χ2v) is 6.59. The average molecular weight is 319 g/mol. The third kappa shape index (κ3) is 3.36. The molecule has 1 aliphatic heterocycles. The van der Waals surface area contributed by atoms with Crippen molar-refractivity contribution in [3.63, 3.8) is 0 Å². The van der Waals surface area contributed by atoms with Crippen LogP contribution in [0.1, 0.15) is 12.0 Å². The SMILES string of the molecule is O=P(O)(O)C1CC(c2cccc(Oc3ccccc3)c2)=NO1. The number of hydrogen-bond donors (Lipinski definition) is 2. The van der Waals surface area contributed by atoms with E-state index in [1.54, 1.807) is 24.3 Å². The van der Waals surface area contributed by atoms with E-state index >= 15 is 0 Å². The molecule has 0 saturated carbocycles. The van der Waals surface area contributed by atoms with Gasteiger partial charge in [0.2, 0.25) is 5.85 Å². The van der Waals surface area contributed by atoms with E-state index in [-0.39, 0.29) is 6.42 Å². The molecule has 0 aromatic heterocycles. The summed E-state index contributed by atoms with van der Waals surface area (Å²) < 4.78 is 16.9. The molecule has 2 aromatic rings. The summed E-state index contributed by atoms with van der Waals surface area (Å²) in [7, 11) is -4.31. The minimum absolute atomic E-state index is 0.0685. The molecule has 0 fully saturated rings. The molecule has 114 valence electrons. The summed E-state index contributed by atoms with van der Waals surface area (Å²) >= 11 is 0. The minimum atomic E-state index is -4.31. The second kappa shape index (κ2) is 5.93. The first-order chi connectivity index (χ1) is 10.5. The van der Waals surface area contributed by atoms with Gasteiger partial charge in [-0.15, -0.1) is 0 Å². The number of nitrogens with zero attached hydrogens (tertiary/aromatic N) is 1. The van der Waals surface area contributed by atoms with Gasteiger partial charge in [-0.3, -0.25) is 4.57 Å². The highest BCUT2D eigenvalue weighted by Crippen LogP contribution is 2.46. The monoisotopic (exact) mass is 319 g/mol. The molecule has 0 radical (unpaired) electrons. The number of ether oxygens (including phenoxy) is 1. The van der Waals surface area contributed by atoms with Crippen LogP contribution < -0.4 is 4.74 Å². The van der Waals surface area contributed by atoms with Crippen LogP contribution in [0, 0.1) is 0 Å². The molecule has 2 aromatic carbocycles. The number of benzene rings is 2. The highest BCUT2D eigenvalue weighted by Gasteiger charge is 2.36. The third-order valence-corrected chi connectivity index (χ3v) is 4.20. The number of rotatable bonds is 4. The first-order valence-electron chi connectivity index (χ1n) is 6.63. The Balaban J connectivity index is 1.77. The van der Waals surface area contributed by atoms with Crippen LogP contribution in [0.4, 0.5) is 0 Å². The van der Waals surface area contributed by atoms with Crippen molar-refractivity contribution < 1.29 is 23.9 Å². The predicted molar refractivity (Wildman–Crippen MR) is 81.0 cm³/mol. The molecule has 1 aliphatic rings. The lowest BCUT2D eigenvalue weighted by atomic mass is 10.1. The van der Waals surface area contributed by atoms with E-state index in [2.05, 4.69) is 5.16 Å². The normalized spacial score (nSPS) is 17.7. The lowest BCUT2D eigenvalue weighted by molar-refractivity contribution is 0.117. The zero-order chi connectivity index (χ0) is 15.6. The average Bonchev–Trinajstić information content (AvgIpc) is 2.99. The number of oxime groups is 1. The molecule has 0 bridgehead atoms. The van der Waals surface area contributed by atoms with Crippen LogP contribution in [0.2, 0.25) is 0 Å². The van der Waals surface area contributed by atoms with Gasteiger partial charge in [-0.05, 0) is 24.3 Å². The molecular weight excluding hydrogens is 305 g/mol. The largest absolute Gasteiger partial charge is 0.457 e. The Kier molecular flexibility index (Phi) is 3.98. The predicted octanol–water partition coefficient (Wildman–Crippen LogP) is 3.11. The van der Waals surface area contributed by atoms with Crippen molar-refractivity contribution in [2.24, 2.45) is 5.16 Å². The lowest BCUT2D eigenvalue weighted by Gasteiger charge is -2.09. The van der Waals surface area contributed by atoms with Crippen LogP contribution in [0.5, 0.6) is 11.5 Å². The van der Waals surface area contributed by atoms with Gasteiger partial charge in [0, 0.05) is 12.0 Å². The van der Waals surface area contributed by atoms with Crippen LogP contribution in [-0.2, 0) is 9.40 Å². The van der Waals surface area contributed by atoms with E-state index in [0.29, 0.717) is 22.8 Å². The highest BCUT2D eigenvalue weighted by atomic mass is 31.2. The van der Waals surface area contributed by atoms with Crippen LogP contribution in [0.25, 0.3) is 0 Å². The summed E-state index contributed by atoms with van der Waals surface area (Å²) in [6.07, 6.45) is 0.0685.